The van der Waals surface area contributed by atoms with Gasteiger partial charge in [0.15, 0.2) is 5.11 Å². The first-order valence-electron chi connectivity index (χ1n) is 6.54. The number of nitrogens with zero attached hydrogens (tertiary/aromatic N) is 1. The maximum Gasteiger partial charge on any atom is 0.173 e. The van der Waals surface area contributed by atoms with E-state index in [9.17, 15) is 0 Å². The Balaban J connectivity index is 2.02. The predicted molar refractivity (Wildman–Crippen MR) is 82.3 cm³/mol. The lowest BCUT2D eigenvalue weighted by Crippen LogP contribution is -2.45. The molecule has 0 spiro atoms. The van der Waals surface area contributed by atoms with Gasteiger partial charge < -0.3 is 10.2 Å². The zero-order valence-electron chi connectivity index (χ0n) is 10.7. The Morgan fingerprint density at radius 2 is 2.33 bits per heavy atom. The summed E-state index contributed by atoms with van der Waals surface area (Å²) in [7, 11) is 0. The molecule has 1 aliphatic rings. The standard InChI is InChI=1S/C14H19ClN2S/c1-2-13-8-3-4-9-17(13)14(18)16-12-7-5-6-11(15)10-12/h5-7,10,13H,2-4,8-9H2,1H3,(H,16,18)/t13-/m1/s1. The molecule has 1 aromatic carbocycles. The monoisotopic (exact) mass is 282 g/mol. The fraction of sp³-hybridized carbons (Fsp3) is 0.500. The molecule has 2 rings (SSSR count). The molecule has 0 aromatic heterocycles. The van der Waals surface area contributed by atoms with Crippen LogP contribution < -0.4 is 5.32 Å². The molecule has 1 saturated heterocycles. The third kappa shape index (κ3) is 3.36. The summed E-state index contributed by atoms with van der Waals surface area (Å²) in [4.78, 5) is 2.32. The number of hydrogen-bond acceptors (Lipinski definition) is 1. The Hall–Kier alpha value is -0.800. The maximum absolute atomic E-state index is 5.97. The van der Waals surface area contributed by atoms with Gasteiger partial charge in [-0.3, -0.25) is 0 Å². The summed E-state index contributed by atoms with van der Waals surface area (Å²) in [5.74, 6) is 0. The van der Waals surface area contributed by atoms with Crippen LogP contribution in [0.4, 0.5) is 5.69 Å². The van der Waals surface area contributed by atoms with Gasteiger partial charge in [0.05, 0.1) is 0 Å². The van der Waals surface area contributed by atoms with E-state index in [0.29, 0.717) is 6.04 Å². The van der Waals surface area contributed by atoms with Gasteiger partial charge in [0.1, 0.15) is 0 Å². The van der Waals surface area contributed by atoms with E-state index >= 15 is 0 Å². The van der Waals surface area contributed by atoms with E-state index in [2.05, 4.69) is 17.1 Å². The fourth-order valence-corrected chi connectivity index (χ4v) is 3.00. The number of likely N-dealkylation sites (tertiary alicyclic amines) is 1. The second kappa shape index (κ2) is 6.39. The lowest BCUT2D eigenvalue weighted by atomic mass is 10.0. The second-order valence-corrected chi connectivity index (χ2v) is 5.51. The third-order valence-corrected chi connectivity index (χ3v) is 4.01. The van der Waals surface area contributed by atoms with Crippen molar-refractivity contribution in [2.24, 2.45) is 0 Å². The second-order valence-electron chi connectivity index (χ2n) is 4.69. The smallest absolute Gasteiger partial charge is 0.173 e. The minimum atomic E-state index is 0.581. The Morgan fingerprint density at radius 3 is 3.06 bits per heavy atom. The van der Waals surface area contributed by atoms with Gasteiger partial charge in [-0.15, -0.1) is 0 Å². The molecule has 98 valence electrons. The highest BCUT2D eigenvalue weighted by atomic mass is 35.5. The lowest BCUT2D eigenvalue weighted by Gasteiger charge is -2.37. The zero-order chi connectivity index (χ0) is 13.0. The summed E-state index contributed by atoms with van der Waals surface area (Å²) < 4.78 is 0. The van der Waals surface area contributed by atoms with E-state index < -0.39 is 0 Å². The van der Waals surface area contributed by atoms with Crippen molar-refractivity contribution in [2.75, 3.05) is 11.9 Å². The highest BCUT2D eigenvalue weighted by molar-refractivity contribution is 7.80. The lowest BCUT2D eigenvalue weighted by molar-refractivity contribution is 0.239. The first-order valence-corrected chi connectivity index (χ1v) is 7.32. The first-order chi connectivity index (χ1) is 8.70. The van der Waals surface area contributed by atoms with Crippen LogP contribution in [0.2, 0.25) is 5.02 Å². The van der Waals surface area contributed by atoms with E-state index in [4.69, 9.17) is 23.8 Å². The number of piperidine rings is 1. The number of hydrogen-bond donors (Lipinski definition) is 1. The highest BCUT2D eigenvalue weighted by Gasteiger charge is 2.22. The molecule has 1 atom stereocenters. The van der Waals surface area contributed by atoms with Crippen molar-refractivity contribution < 1.29 is 0 Å². The number of thiocarbonyl (C=S) groups is 1. The average molecular weight is 283 g/mol. The summed E-state index contributed by atoms with van der Waals surface area (Å²) >= 11 is 11.5. The molecule has 1 aromatic rings. The quantitative estimate of drug-likeness (QED) is 0.814. The molecule has 0 aliphatic carbocycles. The molecule has 1 fully saturated rings. The summed E-state index contributed by atoms with van der Waals surface area (Å²) in [6.07, 6.45) is 4.94. The Morgan fingerprint density at radius 1 is 1.50 bits per heavy atom. The van der Waals surface area contributed by atoms with Crippen LogP contribution in [0.3, 0.4) is 0 Å². The molecular weight excluding hydrogens is 264 g/mol. The molecule has 1 N–H and O–H groups in total. The van der Waals surface area contributed by atoms with Crippen molar-refractivity contribution in [3.8, 4) is 0 Å². The summed E-state index contributed by atoms with van der Waals surface area (Å²) in [6.45, 7) is 3.29. The number of benzene rings is 1. The van der Waals surface area contributed by atoms with Gasteiger partial charge >= 0.3 is 0 Å². The van der Waals surface area contributed by atoms with Gasteiger partial charge in [0.25, 0.3) is 0 Å². The van der Waals surface area contributed by atoms with Crippen molar-refractivity contribution in [1.82, 2.24) is 4.90 Å². The topological polar surface area (TPSA) is 15.3 Å². The first kappa shape index (κ1) is 13.6. The number of halogens is 1. The molecule has 1 heterocycles. The van der Waals surface area contributed by atoms with Crippen molar-refractivity contribution in [1.29, 1.82) is 0 Å². The van der Waals surface area contributed by atoms with Crippen LogP contribution in [0.15, 0.2) is 24.3 Å². The molecule has 0 unspecified atom stereocenters. The third-order valence-electron chi connectivity index (χ3n) is 3.44. The predicted octanol–water partition coefficient (Wildman–Crippen LogP) is 4.30. The molecule has 0 bridgehead atoms. The SMILES string of the molecule is CC[C@@H]1CCCCN1C(=S)Nc1cccc(Cl)c1. The molecule has 4 heteroatoms. The van der Waals surface area contributed by atoms with Crippen molar-refractivity contribution in [2.45, 2.75) is 38.6 Å². The molecule has 1 aliphatic heterocycles. The number of anilines is 1. The van der Waals surface area contributed by atoms with Crippen molar-refractivity contribution in [3.05, 3.63) is 29.3 Å². The van der Waals surface area contributed by atoms with Gasteiger partial charge in [-0.2, -0.15) is 0 Å². The number of nitrogens with one attached hydrogen (secondary N) is 1. The minimum absolute atomic E-state index is 0.581. The van der Waals surface area contributed by atoms with Gasteiger partial charge in [-0.05, 0) is 56.1 Å². The summed E-state index contributed by atoms with van der Waals surface area (Å²) in [5, 5.41) is 4.84. The van der Waals surface area contributed by atoms with Gasteiger partial charge in [0, 0.05) is 23.3 Å². The van der Waals surface area contributed by atoms with Crippen molar-refractivity contribution >= 4 is 34.6 Å². The van der Waals surface area contributed by atoms with Crippen LogP contribution >= 0.6 is 23.8 Å². The summed E-state index contributed by atoms with van der Waals surface area (Å²) in [6, 6.07) is 8.27. The van der Waals surface area contributed by atoms with Crippen LogP contribution in [0, 0.1) is 0 Å². The Labute approximate surface area is 119 Å². The van der Waals surface area contributed by atoms with E-state index in [-0.39, 0.29) is 0 Å². The minimum Gasteiger partial charge on any atom is -0.346 e. The van der Waals surface area contributed by atoms with Crippen molar-refractivity contribution in [3.63, 3.8) is 0 Å². The van der Waals surface area contributed by atoms with E-state index in [1.54, 1.807) is 0 Å². The van der Waals surface area contributed by atoms with E-state index in [1.165, 1.54) is 19.3 Å². The zero-order valence-corrected chi connectivity index (χ0v) is 12.2. The summed E-state index contributed by atoms with van der Waals surface area (Å²) in [5.41, 5.74) is 0.966. The fourth-order valence-electron chi connectivity index (χ4n) is 2.45. The van der Waals surface area contributed by atoms with E-state index in [0.717, 1.165) is 28.8 Å². The molecule has 0 saturated carbocycles. The van der Waals surface area contributed by atoms with Crippen LogP contribution in [0.25, 0.3) is 0 Å². The normalized spacial score (nSPS) is 19.7. The molecule has 0 amide bonds. The van der Waals surface area contributed by atoms with Gasteiger partial charge in [-0.25, -0.2) is 0 Å². The van der Waals surface area contributed by atoms with Crippen LogP contribution in [0.1, 0.15) is 32.6 Å². The molecular formula is C14H19ClN2S. The molecule has 18 heavy (non-hydrogen) atoms. The van der Waals surface area contributed by atoms with Crippen LogP contribution in [-0.2, 0) is 0 Å². The number of rotatable bonds is 2. The molecule has 0 radical (unpaired) electrons. The average Bonchev–Trinajstić information content (AvgIpc) is 2.38. The van der Waals surface area contributed by atoms with Gasteiger partial charge in [-0.1, -0.05) is 24.6 Å². The van der Waals surface area contributed by atoms with Gasteiger partial charge in [0.2, 0.25) is 0 Å². The van der Waals surface area contributed by atoms with E-state index in [1.807, 2.05) is 24.3 Å². The largest absolute Gasteiger partial charge is 0.346 e. The maximum atomic E-state index is 5.97. The molecule has 2 nitrogen and oxygen atoms in total. The Bertz CT molecular complexity index is 422. The Kier molecular flexibility index (Phi) is 4.84. The van der Waals surface area contributed by atoms with Crippen LogP contribution in [0.5, 0.6) is 0 Å². The highest BCUT2D eigenvalue weighted by Crippen LogP contribution is 2.21. The van der Waals surface area contributed by atoms with Crippen LogP contribution in [-0.4, -0.2) is 22.6 Å².